The van der Waals surface area contributed by atoms with Crippen molar-refractivity contribution >= 4 is 5.91 Å². The molecule has 0 radical (unpaired) electrons. The molecule has 1 saturated carbocycles. The quantitative estimate of drug-likeness (QED) is 0.619. The van der Waals surface area contributed by atoms with Crippen LogP contribution in [0.2, 0.25) is 0 Å². The fraction of sp³-hybridized carbons (Fsp3) is 0.381. The number of hydrogen-bond acceptors (Lipinski definition) is 6. The van der Waals surface area contributed by atoms with Gasteiger partial charge in [0.25, 0.3) is 0 Å². The first-order chi connectivity index (χ1) is 14.6. The van der Waals surface area contributed by atoms with Gasteiger partial charge < -0.3 is 4.90 Å². The molecule has 4 rings (SSSR count). The van der Waals surface area contributed by atoms with Crippen molar-refractivity contribution in [2.24, 2.45) is 0 Å². The number of aromatic nitrogens is 4. The van der Waals surface area contributed by atoms with Crippen molar-refractivity contribution < 1.29 is 13.7 Å². The summed E-state index contributed by atoms with van der Waals surface area (Å²) < 4.78 is 19.2. The molecule has 0 bridgehead atoms. The average molecular weight is 411 g/mol. The summed E-state index contributed by atoms with van der Waals surface area (Å²) in [6, 6.07) is 7.83. The first-order valence-corrected chi connectivity index (χ1v) is 9.99. The van der Waals surface area contributed by atoms with Crippen molar-refractivity contribution in [3.8, 4) is 11.6 Å². The number of hydrogen-bond donors (Lipinski definition) is 0. The highest BCUT2D eigenvalue weighted by molar-refractivity contribution is 5.77. The molecule has 2 heterocycles. The molecule has 156 valence electrons. The van der Waals surface area contributed by atoms with E-state index in [9.17, 15) is 14.0 Å². The number of halogens is 1. The molecule has 0 atom stereocenters. The Kier molecular flexibility index (Phi) is 5.97. The molecule has 0 spiro atoms. The van der Waals surface area contributed by atoms with E-state index in [1.165, 1.54) is 24.5 Å². The highest BCUT2D eigenvalue weighted by Crippen LogP contribution is 2.25. The van der Waals surface area contributed by atoms with Gasteiger partial charge in [-0.2, -0.15) is 0 Å². The van der Waals surface area contributed by atoms with Gasteiger partial charge in [-0.3, -0.25) is 9.32 Å². The molecule has 1 aliphatic carbocycles. The van der Waals surface area contributed by atoms with Crippen LogP contribution in [-0.2, 0) is 17.9 Å². The Labute approximate surface area is 172 Å². The molecular weight excluding hydrogens is 389 g/mol. The van der Waals surface area contributed by atoms with Gasteiger partial charge in [0, 0.05) is 25.0 Å². The van der Waals surface area contributed by atoms with Crippen LogP contribution in [0.4, 0.5) is 4.39 Å². The molecule has 9 heteroatoms. The first-order valence-electron chi connectivity index (χ1n) is 9.99. The molecule has 2 aromatic heterocycles. The van der Waals surface area contributed by atoms with Gasteiger partial charge in [-0.1, -0.05) is 36.6 Å². The van der Waals surface area contributed by atoms with Crippen molar-refractivity contribution in [2.45, 2.75) is 51.2 Å². The largest absolute Gasteiger partial charge is 0.442 e. The molecule has 3 aromatic rings. The Bertz CT molecular complexity index is 1040. The summed E-state index contributed by atoms with van der Waals surface area (Å²) in [7, 11) is 0. The van der Waals surface area contributed by atoms with Crippen LogP contribution in [0.15, 0.2) is 52.0 Å². The van der Waals surface area contributed by atoms with E-state index in [-0.39, 0.29) is 36.0 Å². The van der Waals surface area contributed by atoms with Crippen LogP contribution in [0.5, 0.6) is 0 Å². The van der Waals surface area contributed by atoms with Gasteiger partial charge in [0.1, 0.15) is 12.4 Å². The maximum absolute atomic E-state index is 13.3. The third kappa shape index (κ3) is 4.45. The Morgan fingerprint density at radius 1 is 1.13 bits per heavy atom. The summed E-state index contributed by atoms with van der Waals surface area (Å²) in [4.78, 5) is 35.5. The lowest BCUT2D eigenvalue weighted by atomic mass is 9.93. The lowest BCUT2D eigenvalue weighted by molar-refractivity contribution is -0.135. The highest BCUT2D eigenvalue weighted by Gasteiger charge is 2.28. The number of nitrogens with zero attached hydrogens (tertiary/aromatic N) is 5. The number of carbonyl (C=O) groups is 1. The van der Waals surface area contributed by atoms with Gasteiger partial charge in [0.15, 0.2) is 5.82 Å². The third-order valence-electron chi connectivity index (χ3n) is 5.35. The molecule has 1 fully saturated rings. The summed E-state index contributed by atoms with van der Waals surface area (Å²) in [5.74, 6) is -0.971. The summed E-state index contributed by atoms with van der Waals surface area (Å²) in [5.41, 5.74) is 0.833. The van der Waals surface area contributed by atoms with Crippen LogP contribution in [-0.4, -0.2) is 36.5 Å². The molecular formula is C21H22FN5O3. The number of amides is 1. The van der Waals surface area contributed by atoms with Gasteiger partial charge in [-0.15, -0.1) is 0 Å². The second-order valence-electron chi connectivity index (χ2n) is 7.37. The van der Waals surface area contributed by atoms with Gasteiger partial charge >= 0.3 is 5.76 Å². The van der Waals surface area contributed by atoms with Crippen molar-refractivity contribution in [1.29, 1.82) is 0 Å². The fourth-order valence-corrected chi connectivity index (χ4v) is 3.81. The minimum atomic E-state index is -0.740. The van der Waals surface area contributed by atoms with Crippen molar-refractivity contribution in [2.75, 3.05) is 0 Å². The summed E-state index contributed by atoms with van der Waals surface area (Å²) in [6.45, 7) is 0.120. The highest BCUT2D eigenvalue weighted by atomic mass is 19.1. The summed E-state index contributed by atoms with van der Waals surface area (Å²) >= 11 is 0. The normalized spacial score (nSPS) is 14.6. The number of benzene rings is 1. The van der Waals surface area contributed by atoms with E-state index in [1.54, 1.807) is 23.1 Å². The zero-order valence-corrected chi connectivity index (χ0v) is 16.4. The summed E-state index contributed by atoms with van der Waals surface area (Å²) in [6.07, 6.45) is 8.10. The van der Waals surface area contributed by atoms with Crippen LogP contribution in [0.25, 0.3) is 11.6 Å². The minimum absolute atomic E-state index is 0.0725. The van der Waals surface area contributed by atoms with Crippen LogP contribution in [0, 0.1) is 5.82 Å². The smallest absolute Gasteiger partial charge is 0.334 e. The van der Waals surface area contributed by atoms with E-state index in [1.807, 2.05) is 0 Å². The number of carbonyl (C=O) groups excluding carboxylic acids is 1. The predicted octanol–water partition coefficient (Wildman–Crippen LogP) is 2.79. The molecule has 0 aliphatic heterocycles. The Hall–Kier alpha value is -3.36. The third-order valence-corrected chi connectivity index (χ3v) is 5.35. The van der Waals surface area contributed by atoms with Gasteiger partial charge in [-0.05, 0) is 36.6 Å². The molecule has 0 saturated heterocycles. The van der Waals surface area contributed by atoms with E-state index in [2.05, 4.69) is 15.1 Å². The van der Waals surface area contributed by atoms with Crippen molar-refractivity contribution in [1.82, 2.24) is 24.6 Å². The first kappa shape index (κ1) is 19.9. The fourth-order valence-electron chi connectivity index (χ4n) is 3.81. The maximum Gasteiger partial charge on any atom is 0.442 e. The number of rotatable bonds is 6. The lowest BCUT2D eigenvalue weighted by Crippen LogP contribution is -2.43. The van der Waals surface area contributed by atoms with Gasteiger partial charge in [0.2, 0.25) is 11.7 Å². The van der Waals surface area contributed by atoms with Crippen LogP contribution in [0.3, 0.4) is 0 Å². The molecule has 30 heavy (non-hydrogen) atoms. The van der Waals surface area contributed by atoms with Crippen molar-refractivity contribution in [3.05, 3.63) is 64.7 Å². The zero-order chi connectivity index (χ0) is 20.9. The van der Waals surface area contributed by atoms with Gasteiger partial charge in [0.05, 0.1) is 0 Å². The Morgan fingerprint density at radius 3 is 2.53 bits per heavy atom. The zero-order valence-electron chi connectivity index (χ0n) is 16.4. The minimum Gasteiger partial charge on any atom is -0.334 e. The lowest BCUT2D eigenvalue weighted by Gasteiger charge is -2.34. The predicted molar refractivity (Wildman–Crippen MR) is 106 cm³/mol. The van der Waals surface area contributed by atoms with E-state index in [0.717, 1.165) is 42.2 Å². The van der Waals surface area contributed by atoms with Crippen LogP contribution < -0.4 is 5.76 Å². The molecule has 0 unspecified atom stereocenters. The Morgan fingerprint density at radius 2 is 1.83 bits per heavy atom. The van der Waals surface area contributed by atoms with E-state index < -0.39 is 5.76 Å². The average Bonchev–Trinajstić information content (AvgIpc) is 3.14. The topological polar surface area (TPSA) is 94.1 Å². The van der Waals surface area contributed by atoms with Crippen molar-refractivity contribution in [3.63, 3.8) is 0 Å². The Balaban J connectivity index is 1.60. The van der Waals surface area contributed by atoms with E-state index in [0.29, 0.717) is 6.54 Å². The second kappa shape index (κ2) is 8.98. The molecule has 0 N–H and O–H groups in total. The summed E-state index contributed by atoms with van der Waals surface area (Å²) in [5, 5.41) is 3.74. The van der Waals surface area contributed by atoms with Gasteiger partial charge in [-0.25, -0.2) is 23.7 Å². The molecule has 8 nitrogen and oxygen atoms in total. The second-order valence-corrected chi connectivity index (χ2v) is 7.37. The molecule has 1 aliphatic rings. The van der Waals surface area contributed by atoms with E-state index >= 15 is 0 Å². The standard InChI is InChI=1S/C21H22FN5O3/c22-16-9-7-15(8-10-16)13-26(17-5-2-1-3-6-17)18(28)14-27-20(25-30-21(27)29)19-23-11-4-12-24-19/h4,7-12,17H,1-3,5-6,13-14H2. The van der Waals surface area contributed by atoms with E-state index in [4.69, 9.17) is 4.52 Å². The van der Waals surface area contributed by atoms with Crippen LogP contribution in [0.1, 0.15) is 37.7 Å². The monoisotopic (exact) mass is 411 g/mol. The SMILES string of the molecule is O=C(Cn1c(-c2ncccn2)noc1=O)N(Cc1ccc(F)cc1)C1CCCCC1. The maximum atomic E-state index is 13.3. The molecule has 1 amide bonds. The van der Waals surface area contributed by atoms with Crippen LogP contribution >= 0.6 is 0 Å². The molecule has 1 aromatic carbocycles.